The number of rotatable bonds is 3. The minimum Gasteiger partial charge on any atom is -0.275 e. The van der Waals surface area contributed by atoms with E-state index in [1.807, 2.05) is 30.9 Å². The lowest BCUT2D eigenvalue weighted by atomic mass is 10.2. The molecule has 102 valence electrons. The number of halogens is 1. The molecule has 7 heteroatoms. The summed E-state index contributed by atoms with van der Waals surface area (Å²) in [7, 11) is 1.86. The lowest BCUT2D eigenvalue weighted by Gasteiger charge is -2.05. The maximum atomic E-state index is 6.11. The van der Waals surface area contributed by atoms with Crippen molar-refractivity contribution in [2.45, 2.75) is 13.5 Å². The van der Waals surface area contributed by atoms with Crippen molar-refractivity contribution in [1.82, 2.24) is 29.5 Å². The zero-order chi connectivity index (χ0) is 14.1. The number of aryl methyl sites for hydroxylation is 2. The van der Waals surface area contributed by atoms with Crippen molar-refractivity contribution in [3.8, 4) is 22.8 Å². The van der Waals surface area contributed by atoms with Gasteiger partial charge in [-0.1, -0.05) is 11.6 Å². The van der Waals surface area contributed by atoms with Crippen LogP contribution in [-0.2, 0) is 13.6 Å². The smallest absolute Gasteiger partial charge is 0.179 e. The highest BCUT2D eigenvalue weighted by Gasteiger charge is 2.12. The average Bonchev–Trinajstić information content (AvgIpc) is 3.06. The molecule has 3 aromatic rings. The van der Waals surface area contributed by atoms with Crippen LogP contribution in [0.3, 0.4) is 0 Å². The van der Waals surface area contributed by atoms with E-state index in [0.717, 1.165) is 23.5 Å². The van der Waals surface area contributed by atoms with Crippen LogP contribution in [-0.4, -0.2) is 29.5 Å². The van der Waals surface area contributed by atoms with Gasteiger partial charge in [-0.3, -0.25) is 9.36 Å². The molecule has 0 saturated carbocycles. The van der Waals surface area contributed by atoms with E-state index >= 15 is 0 Å². The number of nitrogens with zero attached hydrogens (tertiary/aromatic N) is 6. The summed E-state index contributed by atoms with van der Waals surface area (Å²) >= 11 is 6.11. The second-order valence-corrected chi connectivity index (χ2v) is 4.72. The third kappa shape index (κ3) is 2.30. The van der Waals surface area contributed by atoms with E-state index in [9.17, 15) is 0 Å². The summed E-state index contributed by atoms with van der Waals surface area (Å²) in [5, 5.41) is 8.77. The summed E-state index contributed by atoms with van der Waals surface area (Å²) in [6.45, 7) is 2.77. The van der Waals surface area contributed by atoms with Crippen LogP contribution in [0.2, 0.25) is 5.15 Å². The maximum absolute atomic E-state index is 6.11. The summed E-state index contributed by atoms with van der Waals surface area (Å²) < 4.78 is 3.56. The first-order valence-electron chi connectivity index (χ1n) is 6.23. The molecule has 0 N–H and O–H groups in total. The Labute approximate surface area is 121 Å². The van der Waals surface area contributed by atoms with Gasteiger partial charge in [0.15, 0.2) is 5.82 Å². The molecule has 0 aliphatic rings. The molecule has 0 unspecified atom stereocenters. The molecule has 3 heterocycles. The minimum absolute atomic E-state index is 0.401. The van der Waals surface area contributed by atoms with Gasteiger partial charge in [0, 0.05) is 37.6 Å². The Bertz CT molecular complexity index is 745. The third-order valence-corrected chi connectivity index (χ3v) is 3.13. The van der Waals surface area contributed by atoms with Crippen molar-refractivity contribution in [2.75, 3.05) is 0 Å². The van der Waals surface area contributed by atoms with Gasteiger partial charge >= 0.3 is 0 Å². The largest absolute Gasteiger partial charge is 0.275 e. The molecule has 0 fully saturated rings. The first-order valence-corrected chi connectivity index (χ1v) is 6.61. The molecule has 0 bridgehead atoms. The van der Waals surface area contributed by atoms with E-state index < -0.39 is 0 Å². The molecule has 0 saturated heterocycles. The second-order valence-electron chi connectivity index (χ2n) is 4.33. The maximum Gasteiger partial charge on any atom is 0.179 e. The van der Waals surface area contributed by atoms with Gasteiger partial charge < -0.3 is 0 Å². The van der Waals surface area contributed by atoms with Crippen LogP contribution in [0.5, 0.6) is 0 Å². The zero-order valence-corrected chi connectivity index (χ0v) is 11.9. The average molecular weight is 289 g/mol. The molecule has 0 aliphatic heterocycles. The van der Waals surface area contributed by atoms with Gasteiger partial charge in [0.2, 0.25) is 0 Å². The highest BCUT2D eigenvalue weighted by molar-refractivity contribution is 6.29. The van der Waals surface area contributed by atoms with Gasteiger partial charge in [0.05, 0.1) is 11.9 Å². The number of aromatic nitrogens is 6. The zero-order valence-electron chi connectivity index (χ0n) is 11.2. The fourth-order valence-corrected chi connectivity index (χ4v) is 2.19. The highest BCUT2D eigenvalue weighted by atomic mass is 35.5. The van der Waals surface area contributed by atoms with Gasteiger partial charge in [-0.25, -0.2) is 9.97 Å². The summed E-state index contributed by atoms with van der Waals surface area (Å²) in [4.78, 5) is 8.84. The predicted molar refractivity (Wildman–Crippen MR) is 76.1 cm³/mol. The van der Waals surface area contributed by atoms with Gasteiger partial charge in [-0.15, -0.1) is 0 Å². The molecular weight excluding hydrogens is 276 g/mol. The van der Waals surface area contributed by atoms with Crippen LogP contribution in [0.4, 0.5) is 0 Å². The predicted octanol–water partition coefficient (Wildman–Crippen LogP) is 2.41. The normalized spacial score (nSPS) is 10.9. The van der Waals surface area contributed by atoms with Crippen LogP contribution in [0, 0.1) is 0 Å². The Morgan fingerprint density at radius 2 is 2.10 bits per heavy atom. The van der Waals surface area contributed by atoms with Gasteiger partial charge in [-0.2, -0.15) is 10.2 Å². The van der Waals surface area contributed by atoms with Crippen molar-refractivity contribution >= 4 is 11.6 Å². The molecule has 20 heavy (non-hydrogen) atoms. The van der Waals surface area contributed by atoms with Crippen LogP contribution in [0.15, 0.2) is 30.7 Å². The van der Waals surface area contributed by atoms with Gasteiger partial charge in [0.25, 0.3) is 0 Å². The summed E-state index contributed by atoms with van der Waals surface area (Å²) in [6, 6.07) is 3.61. The Morgan fingerprint density at radius 3 is 2.80 bits per heavy atom. The summed E-state index contributed by atoms with van der Waals surface area (Å²) in [5.41, 5.74) is 2.50. The van der Waals surface area contributed by atoms with Crippen LogP contribution in [0.1, 0.15) is 6.92 Å². The van der Waals surface area contributed by atoms with Gasteiger partial charge in [0.1, 0.15) is 10.8 Å². The molecular formula is C13H13ClN6. The molecule has 3 rings (SSSR count). The topological polar surface area (TPSA) is 61.4 Å². The third-order valence-electron chi connectivity index (χ3n) is 2.94. The Morgan fingerprint density at radius 1 is 1.25 bits per heavy atom. The molecule has 0 aromatic carbocycles. The molecule has 0 atom stereocenters. The summed E-state index contributed by atoms with van der Waals surface area (Å²) in [6.07, 6.45) is 5.37. The van der Waals surface area contributed by atoms with E-state index in [-0.39, 0.29) is 0 Å². The highest BCUT2D eigenvalue weighted by Crippen LogP contribution is 2.23. The standard InChI is InChI=1S/C13H13ClN6/c1-3-20-11(4-5-15-20)13-17-10(6-12(14)18-13)9-7-16-19(2)8-9/h4-8H,3H2,1-2H3. The van der Waals surface area contributed by atoms with Crippen LogP contribution < -0.4 is 0 Å². The molecule has 0 spiro atoms. The monoisotopic (exact) mass is 288 g/mol. The van der Waals surface area contributed by atoms with Crippen molar-refractivity contribution < 1.29 is 0 Å². The second kappa shape index (κ2) is 5.05. The minimum atomic E-state index is 0.401. The lowest BCUT2D eigenvalue weighted by Crippen LogP contribution is -2.02. The van der Waals surface area contributed by atoms with Crippen molar-refractivity contribution in [2.24, 2.45) is 7.05 Å². The quantitative estimate of drug-likeness (QED) is 0.694. The van der Waals surface area contributed by atoms with Crippen molar-refractivity contribution in [3.05, 3.63) is 35.9 Å². The number of hydrogen-bond acceptors (Lipinski definition) is 4. The summed E-state index contributed by atoms with van der Waals surface area (Å²) in [5.74, 6) is 0.565. The molecule has 0 aliphatic carbocycles. The van der Waals surface area contributed by atoms with E-state index in [1.165, 1.54) is 0 Å². The molecule has 0 amide bonds. The molecule has 6 nitrogen and oxygen atoms in total. The molecule has 3 aromatic heterocycles. The van der Waals surface area contributed by atoms with Crippen molar-refractivity contribution in [1.29, 1.82) is 0 Å². The van der Waals surface area contributed by atoms with E-state index in [1.54, 1.807) is 23.1 Å². The first kappa shape index (κ1) is 12.8. The van der Waals surface area contributed by atoms with Crippen LogP contribution >= 0.6 is 11.6 Å². The fourth-order valence-electron chi connectivity index (χ4n) is 2.01. The van der Waals surface area contributed by atoms with Gasteiger partial charge in [-0.05, 0) is 13.0 Å². The number of hydrogen-bond donors (Lipinski definition) is 0. The molecule has 0 radical (unpaired) electrons. The Hall–Kier alpha value is -2.21. The van der Waals surface area contributed by atoms with E-state index in [2.05, 4.69) is 20.2 Å². The lowest BCUT2D eigenvalue weighted by molar-refractivity contribution is 0.664. The van der Waals surface area contributed by atoms with E-state index in [0.29, 0.717) is 11.0 Å². The van der Waals surface area contributed by atoms with E-state index in [4.69, 9.17) is 11.6 Å². The van der Waals surface area contributed by atoms with Crippen molar-refractivity contribution in [3.63, 3.8) is 0 Å². The Balaban J connectivity index is 2.12. The first-order chi connectivity index (χ1) is 9.67. The fraction of sp³-hybridized carbons (Fsp3) is 0.231. The SMILES string of the molecule is CCn1nccc1-c1nc(Cl)cc(-c2cnn(C)c2)n1. The Kier molecular flexibility index (Phi) is 3.23. The van der Waals surface area contributed by atoms with Crippen LogP contribution in [0.25, 0.3) is 22.8 Å².